The smallest absolute Gasteiger partial charge is 0.463 e. The first-order chi connectivity index (χ1) is 52.2. The van der Waals surface area contributed by atoms with E-state index in [-0.39, 0.29) is 19.3 Å². The summed E-state index contributed by atoms with van der Waals surface area (Å²) in [6.45, 7) is 2.41. The zero-order chi connectivity index (χ0) is 78.0. The number of phosphoric ester groups is 2. The molecule has 0 aromatic carbocycles. The molecule has 16 nitrogen and oxygen atoms in total. The number of rotatable bonds is 78. The molecule has 0 aromatic rings. The first-order valence-corrected chi connectivity index (χ1v) is 44.8. The van der Waals surface area contributed by atoms with E-state index in [0.29, 0.717) is 19.3 Å². The monoisotopic (exact) mass is 1540 g/mol. The van der Waals surface area contributed by atoms with Crippen molar-refractivity contribution in [3.63, 3.8) is 0 Å². The lowest BCUT2D eigenvalue weighted by Crippen LogP contribution is -2.30. The van der Waals surface area contributed by atoms with Crippen molar-refractivity contribution in [3.8, 4) is 0 Å². The maximum Gasteiger partial charge on any atom is 0.472 e. The van der Waals surface area contributed by atoms with Crippen LogP contribution in [0.3, 0.4) is 0 Å². The molecule has 0 rings (SSSR count). The number of allylic oxidation sites excluding steroid dienone is 26. The molecule has 0 saturated heterocycles. The molecule has 0 saturated carbocycles. The third-order valence-corrected chi connectivity index (χ3v) is 19.1. The lowest BCUT2D eigenvalue weighted by molar-refractivity contribution is -0.161. The summed E-state index contributed by atoms with van der Waals surface area (Å²) >= 11 is 0. The number of ether oxygens (including phenoxy) is 3. The van der Waals surface area contributed by atoms with E-state index >= 15 is 0 Å². The Morgan fingerprint density at radius 2 is 0.495 bits per heavy atom. The van der Waals surface area contributed by atoms with Crippen molar-refractivity contribution >= 4 is 33.6 Å². The quantitative estimate of drug-likeness (QED) is 0.0146. The van der Waals surface area contributed by atoms with Crippen LogP contribution in [-0.2, 0) is 55.8 Å². The second kappa shape index (κ2) is 80.7. The van der Waals surface area contributed by atoms with Crippen LogP contribution >= 0.6 is 15.6 Å². The maximum atomic E-state index is 13.0. The van der Waals surface area contributed by atoms with Crippen molar-refractivity contribution in [2.24, 2.45) is 0 Å². The van der Waals surface area contributed by atoms with Crippen molar-refractivity contribution in [1.82, 2.24) is 0 Å². The van der Waals surface area contributed by atoms with Gasteiger partial charge in [0.15, 0.2) is 6.10 Å². The normalized spacial score (nSPS) is 14.7. The van der Waals surface area contributed by atoms with Crippen LogP contribution in [0.1, 0.15) is 329 Å². The van der Waals surface area contributed by atoms with Gasteiger partial charge in [-0.1, -0.05) is 320 Å². The molecule has 0 aliphatic carbocycles. The molecule has 0 spiro atoms. The lowest BCUT2D eigenvalue weighted by Gasteiger charge is -2.21. The van der Waals surface area contributed by atoms with E-state index < -0.39 is 91.5 Å². The Morgan fingerprint density at radius 3 is 0.785 bits per heavy atom. The minimum Gasteiger partial charge on any atom is -0.463 e. The van der Waals surface area contributed by atoms with E-state index in [1.165, 1.54) is 83.5 Å². The summed E-state index contributed by atoms with van der Waals surface area (Å²) in [5.74, 6) is -1.60. The molecule has 0 radical (unpaired) electrons. The van der Waals surface area contributed by atoms with Gasteiger partial charge >= 0.3 is 33.6 Å². The van der Waals surface area contributed by atoms with Crippen LogP contribution in [0.25, 0.3) is 0 Å². The van der Waals surface area contributed by atoms with Gasteiger partial charge in [0.1, 0.15) is 25.4 Å². The Hall–Kier alpha value is -4.83. The molecule has 0 fully saturated rings. The molecule has 0 aliphatic heterocycles. The van der Waals surface area contributed by atoms with Gasteiger partial charge in [-0.25, -0.2) is 9.13 Å². The van der Waals surface area contributed by atoms with Crippen molar-refractivity contribution in [3.05, 3.63) is 158 Å². The molecule has 18 heteroatoms. The van der Waals surface area contributed by atoms with E-state index in [9.17, 15) is 43.5 Å². The predicted octanol–water partition coefficient (Wildman–Crippen LogP) is 25.0. The van der Waals surface area contributed by atoms with Crippen LogP contribution < -0.4 is 0 Å². The van der Waals surface area contributed by atoms with Crippen LogP contribution in [0.5, 0.6) is 0 Å². The second-order valence-electron chi connectivity index (χ2n) is 27.5. The Labute approximate surface area is 650 Å². The maximum absolute atomic E-state index is 13.0. The molecule has 4 N–H and O–H groups in total. The first kappa shape index (κ1) is 102. The van der Waals surface area contributed by atoms with Gasteiger partial charge in [-0.2, -0.15) is 0 Å². The van der Waals surface area contributed by atoms with Crippen LogP contribution in [0.4, 0.5) is 0 Å². The number of hydrogen-bond donors (Lipinski definition) is 4. The summed E-state index contributed by atoms with van der Waals surface area (Å²) in [6.07, 6.45) is 101. The van der Waals surface area contributed by atoms with Gasteiger partial charge in [0, 0.05) is 19.3 Å². The number of aliphatic hydroxyl groups is 2. The van der Waals surface area contributed by atoms with Gasteiger partial charge in [0.25, 0.3) is 0 Å². The number of esters is 3. The summed E-state index contributed by atoms with van der Waals surface area (Å²) < 4.78 is 61.3. The van der Waals surface area contributed by atoms with Crippen molar-refractivity contribution in [2.45, 2.75) is 347 Å². The van der Waals surface area contributed by atoms with Crippen molar-refractivity contribution in [2.75, 3.05) is 39.6 Å². The SMILES string of the molecule is CC/C=C\C/C=C\C/C=C\C/C=C\C/C=C\CCCCCCCCCCCCCCCC(=O)OCC(O)COP(=O)(O)OCC(O)COP(=O)(O)OCC(COC(=O)CCCCCCCCC/C=C\C/C=C\C/C=C\C/C=C\CCCCC)OC(=O)CCCCCCCC/C=C\C/C=C\C/C=C\C/C=C\CC. The topological polar surface area (TPSA) is 231 Å². The Bertz CT molecular complexity index is 2580. The second-order valence-corrected chi connectivity index (χ2v) is 30.4. The van der Waals surface area contributed by atoms with Gasteiger partial charge in [-0.3, -0.25) is 32.5 Å². The first-order valence-electron chi connectivity index (χ1n) is 41.8. The number of hydrogen-bond acceptors (Lipinski definition) is 14. The number of phosphoric acid groups is 2. The fourth-order valence-electron chi connectivity index (χ4n) is 10.9. The molecule has 107 heavy (non-hydrogen) atoms. The Morgan fingerprint density at radius 1 is 0.271 bits per heavy atom. The minimum atomic E-state index is -4.95. The van der Waals surface area contributed by atoms with Crippen molar-refractivity contribution in [1.29, 1.82) is 0 Å². The largest absolute Gasteiger partial charge is 0.472 e. The fourth-order valence-corrected chi connectivity index (χ4v) is 12.5. The highest BCUT2D eigenvalue weighted by Crippen LogP contribution is 2.45. The minimum absolute atomic E-state index is 0.0814. The molecule has 612 valence electrons. The third-order valence-electron chi connectivity index (χ3n) is 17.2. The van der Waals surface area contributed by atoms with Gasteiger partial charge in [0.2, 0.25) is 0 Å². The molecule has 5 atom stereocenters. The van der Waals surface area contributed by atoms with Crippen LogP contribution in [-0.4, -0.2) is 95.9 Å². The average Bonchev–Trinajstić information content (AvgIpc) is 0.907. The molecule has 0 amide bonds. The zero-order valence-corrected chi connectivity index (χ0v) is 68.8. The van der Waals surface area contributed by atoms with E-state index in [0.717, 1.165) is 186 Å². The third kappa shape index (κ3) is 82.0. The zero-order valence-electron chi connectivity index (χ0n) is 67.0. The summed E-state index contributed by atoms with van der Waals surface area (Å²) in [6, 6.07) is 0. The molecular weight excluding hydrogens is 1390 g/mol. The van der Waals surface area contributed by atoms with Gasteiger partial charge < -0.3 is 34.2 Å². The number of aliphatic hydroxyl groups excluding tert-OH is 2. The highest BCUT2D eigenvalue weighted by Gasteiger charge is 2.29. The number of carbonyl (C=O) groups is 3. The van der Waals surface area contributed by atoms with Gasteiger partial charge in [0.05, 0.1) is 26.4 Å². The number of unbranched alkanes of at least 4 members (excludes halogenated alkanes) is 29. The van der Waals surface area contributed by atoms with E-state index in [1.807, 2.05) is 0 Å². The summed E-state index contributed by atoms with van der Waals surface area (Å²) in [7, 11) is -9.81. The van der Waals surface area contributed by atoms with E-state index in [2.05, 4.69) is 179 Å². The van der Waals surface area contributed by atoms with Gasteiger partial charge in [-0.05, 0) is 148 Å². The number of carbonyl (C=O) groups excluding carboxylic acids is 3. The molecular formula is C89H150O16P2. The van der Waals surface area contributed by atoms with Crippen LogP contribution in [0.2, 0.25) is 0 Å². The van der Waals surface area contributed by atoms with Crippen LogP contribution in [0, 0.1) is 0 Å². The van der Waals surface area contributed by atoms with E-state index in [4.69, 9.17) is 32.3 Å². The molecule has 0 bridgehead atoms. The van der Waals surface area contributed by atoms with Crippen LogP contribution in [0.15, 0.2) is 158 Å². The molecule has 0 aliphatic rings. The average molecular weight is 1540 g/mol. The molecule has 5 unspecified atom stereocenters. The Balaban J connectivity index is 4.62. The molecule has 0 heterocycles. The van der Waals surface area contributed by atoms with Crippen molar-refractivity contribution < 1.29 is 75.8 Å². The Kier molecular flexibility index (Phi) is 77.0. The summed E-state index contributed by atoms with van der Waals surface area (Å²) in [4.78, 5) is 58.8. The predicted molar refractivity (Wildman–Crippen MR) is 445 cm³/mol. The van der Waals surface area contributed by atoms with Gasteiger partial charge in [-0.15, -0.1) is 0 Å². The lowest BCUT2D eigenvalue weighted by atomic mass is 10.0. The molecule has 0 aromatic heterocycles. The standard InChI is InChI=1S/C89H150O16P2/c1-4-7-10-13-16-19-22-25-28-31-34-36-38-39-40-41-42-43-45-47-49-51-54-57-60-63-66-69-72-75-87(92)99-78-84(90)79-101-106(95,96)102-80-85(91)81-103-107(97,98)104-83-86(105-89(94)77-74-71-68-65-62-59-56-53-48-33-30-27-24-21-18-15-12-9-6-3)82-100-88(93)76-73-70-67-64-61-58-55-52-50-46-44-37-35-32-29-26-23-20-17-14-11-8-5-2/h7,9-10,12,16-21,25-30,34-37,39-40,46,48,50,53,84-86,90-91H,4-6,8,11,13-15,22-24,31-33,38,41-45,47,49,51-52,54-83H2,1-3H3,(H,95,96)(H,97,98)/b10-7-,12-9-,19-16-,20-17-,21-18-,28-25-,29-26-,30-27-,36-34-,37-35-,40-39-,50-46-,53-48-. The highest BCUT2D eigenvalue weighted by molar-refractivity contribution is 7.47. The summed E-state index contributed by atoms with van der Waals surface area (Å²) in [5.41, 5.74) is 0. The highest BCUT2D eigenvalue weighted by atomic mass is 31.2. The summed E-state index contributed by atoms with van der Waals surface area (Å²) in [5, 5.41) is 20.7. The fraction of sp³-hybridized carbons (Fsp3) is 0.674. The van der Waals surface area contributed by atoms with E-state index in [1.54, 1.807) is 0 Å².